The lowest BCUT2D eigenvalue weighted by atomic mass is 9.78. The van der Waals surface area contributed by atoms with Gasteiger partial charge in [-0.1, -0.05) is 0 Å². The van der Waals surface area contributed by atoms with Crippen LogP contribution in [0, 0.1) is 5.41 Å². The van der Waals surface area contributed by atoms with Crippen LogP contribution < -0.4 is 11.1 Å². The van der Waals surface area contributed by atoms with Crippen molar-refractivity contribution in [2.24, 2.45) is 11.1 Å². The molecule has 0 aromatic rings. The fourth-order valence-electron chi connectivity index (χ4n) is 1.26. The number of carboxylic acid groups (broad SMARTS) is 1. The molecule has 1 saturated heterocycles. The summed E-state index contributed by atoms with van der Waals surface area (Å²) in [5.41, 5.74) is 4.92. The average molecular weight is 186 g/mol. The topological polar surface area (TPSA) is 92.4 Å². The fraction of sp³-hybridized carbons (Fsp3) is 0.750. The van der Waals surface area contributed by atoms with E-state index >= 15 is 0 Å². The van der Waals surface area contributed by atoms with Gasteiger partial charge in [0.05, 0.1) is 5.41 Å². The van der Waals surface area contributed by atoms with E-state index in [0.717, 1.165) is 0 Å². The number of nitrogens with two attached hydrogens (primary N) is 1. The molecular weight excluding hydrogens is 172 g/mol. The first-order chi connectivity index (χ1) is 5.96. The van der Waals surface area contributed by atoms with E-state index in [1.807, 2.05) is 6.92 Å². The zero-order chi connectivity index (χ0) is 10.1. The standard InChI is InChI=1S/C8H14N2O3/c1-8(4-10-7(8)13)3-2-5(9)6(11)12/h5H,2-4,9H2,1H3,(H,10,13)(H,11,12). The molecule has 2 unspecified atom stereocenters. The summed E-state index contributed by atoms with van der Waals surface area (Å²) in [6, 6.07) is -0.856. The van der Waals surface area contributed by atoms with Crippen LogP contribution in [-0.2, 0) is 9.59 Å². The lowest BCUT2D eigenvalue weighted by Crippen LogP contribution is -2.57. The molecule has 0 saturated carbocycles. The van der Waals surface area contributed by atoms with Gasteiger partial charge in [0.25, 0.3) is 0 Å². The maximum Gasteiger partial charge on any atom is 0.320 e. The van der Waals surface area contributed by atoms with E-state index in [1.165, 1.54) is 0 Å². The predicted molar refractivity (Wildman–Crippen MR) is 46.0 cm³/mol. The molecule has 1 aliphatic rings. The second kappa shape index (κ2) is 3.33. The van der Waals surface area contributed by atoms with Gasteiger partial charge < -0.3 is 16.2 Å². The Labute approximate surface area is 76.3 Å². The molecule has 0 bridgehead atoms. The number of rotatable bonds is 4. The first kappa shape index (κ1) is 9.98. The van der Waals surface area contributed by atoms with Crippen molar-refractivity contribution < 1.29 is 14.7 Å². The highest BCUT2D eigenvalue weighted by Gasteiger charge is 2.41. The molecule has 1 rings (SSSR count). The third-order valence-corrected chi connectivity index (χ3v) is 2.51. The van der Waals surface area contributed by atoms with Gasteiger partial charge in [-0.15, -0.1) is 0 Å². The molecule has 0 aromatic heterocycles. The van der Waals surface area contributed by atoms with Crippen LogP contribution in [0.1, 0.15) is 19.8 Å². The van der Waals surface area contributed by atoms with Gasteiger partial charge in [0, 0.05) is 6.54 Å². The van der Waals surface area contributed by atoms with Crippen molar-refractivity contribution in [3.05, 3.63) is 0 Å². The highest BCUT2D eigenvalue weighted by atomic mass is 16.4. The van der Waals surface area contributed by atoms with Crippen molar-refractivity contribution in [1.29, 1.82) is 0 Å². The number of aliphatic carboxylic acids is 1. The smallest absolute Gasteiger partial charge is 0.320 e. The molecule has 1 aliphatic heterocycles. The van der Waals surface area contributed by atoms with Crippen molar-refractivity contribution in [3.63, 3.8) is 0 Å². The van der Waals surface area contributed by atoms with Crippen molar-refractivity contribution in [3.8, 4) is 0 Å². The average Bonchev–Trinajstić information content (AvgIpc) is 2.10. The Balaban J connectivity index is 2.34. The molecular formula is C8H14N2O3. The Morgan fingerprint density at radius 1 is 1.85 bits per heavy atom. The summed E-state index contributed by atoms with van der Waals surface area (Å²) in [5.74, 6) is -1.02. The third kappa shape index (κ3) is 1.98. The zero-order valence-corrected chi connectivity index (χ0v) is 7.54. The number of carbonyl (C=O) groups is 2. The SMILES string of the molecule is CC1(CCC(N)C(=O)O)CNC1=O. The Hall–Kier alpha value is -1.10. The molecule has 5 nitrogen and oxygen atoms in total. The summed E-state index contributed by atoms with van der Waals surface area (Å²) < 4.78 is 0. The monoisotopic (exact) mass is 186 g/mol. The molecule has 1 amide bonds. The molecule has 2 atom stereocenters. The van der Waals surface area contributed by atoms with Gasteiger partial charge in [-0.2, -0.15) is 0 Å². The van der Waals surface area contributed by atoms with E-state index in [0.29, 0.717) is 19.4 Å². The van der Waals surface area contributed by atoms with Crippen LogP contribution >= 0.6 is 0 Å². The molecule has 1 fully saturated rings. The van der Waals surface area contributed by atoms with Gasteiger partial charge in [-0.3, -0.25) is 9.59 Å². The Morgan fingerprint density at radius 2 is 2.46 bits per heavy atom. The van der Waals surface area contributed by atoms with Gasteiger partial charge in [-0.25, -0.2) is 0 Å². The van der Waals surface area contributed by atoms with Gasteiger partial charge in [0.2, 0.25) is 5.91 Å². The number of amides is 1. The number of nitrogens with one attached hydrogen (secondary N) is 1. The highest BCUT2D eigenvalue weighted by molar-refractivity contribution is 5.88. The summed E-state index contributed by atoms with van der Waals surface area (Å²) in [5, 5.41) is 11.1. The van der Waals surface area contributed by atoms with Gasteiger partial charge in [0.15, 0.2) is 0 Å². The van der Waals surface area contributed by atoms with Crippen molar-refractivity contribution in [2.45, 2.75) is 25.8 Å². The summed E-state index contributed by atoms with van der Waals surface area (Å²) >= 11 is 0. The fourth-order valence-corrected chi connectivity index (χ4v) is 1.26. The number of hydrogen-bond acceptors (Lipinski definition) is 3. The first-order valence-electron chi connectivity index (χ1n) is 4.22. The summed E-state index contributed by atoms with van der Waals surface area (Å²) in [7, 11) is 0. The highest BCUT2D eigenvalue weighted by Crippen LogP contribution is 2.29. The number of carboxylic acids is 1. The Morgan fingerprint density at radius 3 is 2.77 bits per heavy atom. The lowest BCUT2D eigenvalue weighted by molar-refractivity contribution is -0.142. The van der Waals surface area contributed by atoms with E-state index in [1.54, 1.807) is 0 Å². The van der Waals surface area contributed by atoms with Crippen molar-refractivity contribution in [1.82, 2.24) is 5.32 Å². The maximum atomic E-state index is 11.0. The zero-order valence-electron chi connectivity index (χ0n) is 7.54. The van der Waals surface area contributed by atoms with E-state index in [9.17, 15) is 9.59 Å². The Kier molecular flexibility index (Phi) is 2.56. The number of carbonyl (C=O) groups excluding carboxylic acids is 1. The van der Waals surface area contributed by atoms with Crippen LogP contribution in [0.5, 0.6) is 0 Å². The van der Waals surface area contributed by atoms with Gasteiger partial charge in [-0.05, 0) is 19.8 Å². The molecule has 4 N–H and O–H groups in total. The number of β-lactam (4-membered cyclic amide) rings is 1. The van der Waals surface area contributed by atoms with E-state index in [-0.39, 0.29) is 5.91 Å². The predicted octanol–water partition coefficient (Wildman–Crippen LogP) is -0.685. The molecule has 0 aliphatic carbocycles. The summed E-state index contributed by atoms with van der Waals surface area (Å²) in [6.45, 7) is 2.44. The lowest BCUT2D eigenvalue weighted by Gasteiger charge is -2.37. The molecule has 1 heterocycles. The molecule has 74 valence electrons. The number of hydrogen-bond donors (Lipinski definition) is 3. The molecule has 0 radical (unpaired) electrons. The van der Waals surface area contributed by atoms with Gasteiger partial charge in [0.1, 0.15) is 6.04 Å². The van der Waals surface area contributed by atoms with Crippen molar-refractivity contribution in [2.75, 3.05) is 6.54 Å². The van der Waals surface area contributed by atoms with Crippen LogP contribution in [0.3, 0.4) is 0 Å². The van der Waals surface area contributed by atoms with Gasteiger partial charge >= 0.3 is 5.97 Å². The first-order valence-corrected chi connectivity index (χ1v) is 4.22. The summed E-state index contributed by atoms with van der Waals surface area (Å²) in [4.78, 5) is 21.4. The molecule has 13 heavy (non-hydrogen) atoms. The van der Waals surface area contributed by atoms with E-state index in [2.05, 4.69) is 5.32 Å². The third-order valence-electron chi connectivity index (χ3n) is 2.51. The van der Waals surface area contributed by atoms with E-state index in [4.69, 9.17) is 10.8 Å². The van der Waals surface area contributed by atoms with Crippen molar-refractivity contribution >= 4 is 11.9 Å². The minimum absolute atomic E-state index is 0.00918. The summed E-state index contributed by atoms with van der Waals surface area (Å²) in [6.07, 6.45) is 0.881. The quantitative estimate of drug-likeness (QED) is 0.507. The van der Waals surface area contributed by atoms with Crippen LogP contribution in [0.4, 0.5) is 0 Å². The van der Waals surface area contributed by atoms with E-state index < -0.39 is 17.4 Å². The minimum atomic E-state index is -1.01. The second-order valence-electron chi connectivity index (χ2n) is 3.73. The molecule has 5 heteroatoms. The second-order valence-corrected chi connectivity index (χ2v) is 3.73. The largest absolute Gasteiger partial charge is 0.480 e. The minimum Gasteiger partial charge on any atom is -0.480 e. The molecule has 0 aromatic carbocycles. The van der Waals surface area contributed by atoms with Crippen LogP contribution in [0.2, 0.25) is 0 Å². The van der Waals surface area contributed by atoms with Crippen LogP contribution in [0.25, 0.3) is 0 Å². The van der Waals surface area contributed by atoms with Crippen LogP contribution in [0.15, 0.2) is 0 Å². The Bertz CT molecular complexity index is 242. The normalized spacial score (nSPS) is 28.9. The maximum absolute atomic E-state index is 11.0. The molecule has 0 spiro atoms. The van der Waals surface area contributed by atoms with Crippen LogP contribution in [-0.4, -0.2) is 29.6 Å².